The molecule has 3 N–H and O–H groups in total. The Morgan fingerprint density at radius 1 is 1.12 bits per heavy atom. The van der Waals surface area contributed by atoms with Crippen molar-refractivity contribution in [2.45, 2.75) is 6.42 Å². The second kappa shape index (κ2) is 9.15. The van der Waals surface area contributed by atoms with Gasteiger partial charge < -0.3 is 10.1 Å². The van der Waals surface area contributed by atoms with Gasteiger partial charge in [0, 0.05) is 36.1 Å². The summed E-state index contributed by atoms with van der Waals surface area (Å²) in [6.07, 6.45) is 0.634. The number of ether oxygens (including phenoxy) is 1. The highest BCUT2D eigenvalue weighted by molar-refractivity contribution is 7.97. The van der Waals surface area contributed by atoms with Crippen LogP contribution in [-0.4, -0.2) is 25.7 Å². The predicted molar refractivity (Wildman–Crippen MR) is 100 cm³/mol. The van der Waals surface area contributed by atoms with Crippen molar-refractivity contribution in [1.29, 1.82) is 0 Å². The SMILES string of the molecule is CNC(Cc1ccc(OC)cc1)=C(CSN)C(=O)c1ccccc1. The first kappa shape index (κ1) is 18.1. The monoisotopic (exact) mass is 342 g/mol. The largest absolute Gasteiger partial charge is 0.497 e. The number of rotatable bonds is 8. The standard InChI is InChI=1S/C19H22N2O2S/c1-21-18(12-14-8-10-16(23-2)11-9-14)17(13-24-20)19(22)15-6-4-3-5-7-15/h3-11,21H,12-13,20H2,1-2H3. The summed E-state index contributed by atoms with van der Waals surface area (Å²) in [5.41, 5.74) is 3.35. The summed E-state index contributed by atoms with van der Waals surface area (Å²) in [5.74, 6) is 1.28. The molecule has 0 unspecified atom stereocenters. The van der Waals surface area contributed by atoms with Crippen molar-refractivity contribution in [3.05, 3.63) is 77.0 Å². The number of nitrogens with two attached hydrogens (primary N) is 1. The van der Waals surface area contributed by atoms with Crippen LogP contribution in [0.15, 0.2) is 65.9 Å². The van der Waals surface area contributed by atoms with Crippen LogP contribution in [0.25, 0.3) is 0 Å². The van der Waals surface area contributed by atoms with Gasteiger partial charge in [-0.25, -0.2) is 0 Å². The van der Waals surface area contributed by atoms with Crippen LogP contribution in [0.5, 0.6) is 5.75 Å². The molecular formula is C19H22N2O2S. The Labute approximate surface area is 147 Å². The number of carbonyl (C=O) groups is 1. The minimum atomic E-state index is 0.00594. The van der Waals surface area contributed by atoms with E-state index in [4.69, 9.17) is 9.88 Å². The van der Waals surface area contributed by atoms with E-state index in [1.54, 1.807) is 7.11 Å². The predicted octanol–water partition coefficient (Wildman–Crippen LogP) is 3.20. The molecule has 0 bridgehead atoms. The third-order valence-corrected chi connectivity index (χ3v) is 4.20. The van der Waals surface area contributed by atoms with Gasteiger partial charge in [0.05, 0.1) is 7.11 Å². The minimum absolute atomic E-state index is 0.00594. The van der Waals surface area contributed by atoms with Crippen molar-refractivity contribution in [3.8, 4) is 5.75 Å². The fourth-order valence-corrected chi connectivity index (χ4v) is 2.90. The molecule has 0 spiro atoms. The van der Waals surface area contributed by atoms with Gasteiger partial charge in [-0.3, -0.25) is 9.93 Å². The highest BCUT2D eigenvalue weighted by Crippen LogP contribution is 2.19. The number of likely N-dealkylation sites (N-methyl/N-ethyl adjacent to an activating group) is 1. The highest BCUT2D eigenvalue weighted by Gasteiger charge is 2.17. The smallest absolute Gasteiger partial charge is 0.191 e. The zero-order chi connectivity index (χ0) is 17.4. The van der Waals surface area contributed by atoms with E-state index < -0.39 is 0 Å². The summed E-state index contributed by atoms with van der Waals surface area (Å²) in [6, 6.07) is 17.1. The molecule has 0 aliphatic heterocycles. The van der Waals surface area contributed by atoms with Gasteiger partial charge >= 0.3 is 0 Å². The topological polar surface area (TPSA) is 64.3 Å². The fourth-order valence-electron chi connectivity index (χ4n) is 2.43. The lowest BCUT2D eigenvalue weighted by atomic mass is 9.99. The number of carbonyl (C=O) groups excluding carboxylic acids is 1. The van der Waals surface area contributed by atoms with Crippen molar-refractivity contribution in [1.82, 2.24) is 5.32 Å². The molecule has 0 aliphatic carbocycles. The van der Waals surface area contributed by atoms with Crippen LogP contribution in [0.1, 0.15) is 15.9 Å². The van der Waals surface area contributed by atoms with E-state index in [0.29, 0.717) is 23.3 Å². The summed E-state index contributed by atoms with van der Waals surface area (Å²) in [6.45, 7) is 0. The Kier molecular flexibility index (Phi) is 6.90. The summed E-state index contributed by atoms with van der Waals surface area (Å²) >= 11 is 1.15. The molecule has 0 aromatic heterocycles. The molecule has 2 rings (SSSR count). The number of methoxy groups -OCH3 is 1. The lowest BCUT2D eigenvalue weighted by Crippen LogP contribution is -2.19. The molecule has 126 valence electrons. The molecular weight excluding hydrogens is 320 g/mol. The number of nitrogens with one attached hydrogen (secondary N) is 1. The van der Waals surface area contributed by atoms with Gasteiger partial charge in [-0.2, -0.15) is 0 Å². The first-order chi connectivity index (χ1) is 11.7. The average molecular weight is 342 g/mol. The third kappa shape index (κ3) is 4.63. The second-order valence-corrected chi connectivity index (χ2v) is 5.86. The highest BCUT2D eigenvalue weighted by atomic mass is 32.2. The van der Waals surface area contributed by atoms with Gasteiger partial charge in [0.15, 0.2) is 5.78 Å². The number of hydrogen-bond donors (Lipinski definition) is 2. The zero-order valence-corrected chi connectivity index (χ0v) is 14.7. The van der Waals surface area contributed by atoms with Crippen molar-refractivity contribution in [2.75, 3.05) is 19.9 Å². The Hall–Kier alpha value is -2.24. The molecule has 5 heteroatoms. The number of hydrogen-bond acceptors (Lipinski definition) is 5. The number of allylic oxidation sites excluding steroid dienone is 1. The van der Waals surface area contributed by atoms with Gasteiger partial charge in [0.1, 0.15) is 5.75 Å². The maximum Gasteiger partial charge on any atom is 0.191 e. The Morgan fingerprint density at radius 2 is 1.79 bits per heavy atom. The van der Waals surface area contributed by atoms with Crippen LogP contribution in [-0.2, 0) is 6.42 Å². The fraction of sp³-hybridized carbons (Fsp3) is 0.211. The summed E-state index contributed by atoms with van der Waals surface area (Å²) < 4.78 is 5.18. The zero-order valence-electron chi connectivity index (χ0n) is 13.9. The van der Waals surface area contributed by atoms with Crippen molar-refractivity contribution >= 4 is 17.7 Å². The summed E-state index contributed by atoms with van der Waals surface area (Å²) in [5, 5.41) is 8.83. The first-order valence-corrected chi connectivity index (χ1v) is 8.68. The normalized spacial score (nSPS) is 11.6. The molecule has 0 aliphatic rings. The van der Waals surface area contributed by atoms with Crippen LogP contribution in [0.4, 0.5) is 0 Å². The van der Waals surface area contributed by atoms with E-state index >= 15 is 0 Å². The number of ketones is 1. The first-order valence-electron chi connectivity index (χ1n) is 7.63. The lowest BCUT2D eigenvalue weighted by molar-refractivity contribution is 0.103. The maximum absolute atomic E-state index is 12.8. The van der Waals surface area contributed by atoms with Crippen molar-refractivity contribution in [3.63, 3.8) is 0 Å². The molecule has 24 heavy (non-hydrogen) atoms. The Morgan fingerprint density at radius 3 is 2.33 bits per heavy atom. The number of Topliss-reactive ketones (excluding diaryl/α,β-unsaturated/α-hetero) is 1. The molecule has 0 heterocycles. The van der Waals surface area contributed by atoms with Gasteiger partial charge in [-0.1, -0.05) is 54.4 Å². The van der Waals surface area contributed by atoms with E-state index in [9.17, 15) is 4.79 Å². The summed E-state index contributed by atoms with van der Waals surface area (Å²) in [7, 11) is 3.47. The Balaban J connectivity index is 2.32. The van der Waals surface area contributed by atoms with E-state index in [1.165, 1.54) is 0 Å². The van der Waals surface area contributed by atoms with Crippen molar-refractivity contribution < 1.29 is 9.53 Å². The van der Waals surface area contributed by atoms with Crippen LogP contribution < -0.4 is 15.2 Å². The van der Waals surface area contributed by atoms with Gasteiger partial charge in [0.25, 0.3) is 0 Å². The van der Waals surface area contributed by atoms with E-state index in [0.717, 1.165) is 29.0 Å². The summed E-state index contributed by atoms with van der Waals surface area (Å²) in [4.78, 5) is 12.8. The second-order valence-electron chi connectivity index (χ2n) is 5.24. The number of benzene rings is 2. The molecule has 2 aromatic rings. The molecule has 0 fully saturated rings. The molecule has 2 aromatic carbocycles. The molecule has 0 saturated heterocycles. The van der Waals surface area contributed by atoms with Crippen LogP contribution in [0, 0.1) is 0 Å². The van der Waals surface area contributed by atoms with Gasteiger partial charge in [-0.05, 0) is 17.7 Å². The average Bonchev–Trinajstić information content (AvgIpc) is 2.65. The third-order valence-electron chi connectivity index (χ3n) is 3.74. The molecule has 0 amide bonds. The van der Waals surface area contributed by atoms with Crippen LogP contribution in [0.2, 0.25) is 0 Å². The van der Waals surface area contributed by atoms with Gasteiger partial charge in [-0.15, -0.1) is 0 Å². The minimum Gasteiger partial charge on any atom is -0.497 e. The van der Waals surface area contributed by atoms with E-state index in [2.05, 4.69) is 5.32 Å². The molecule has 0 radical (unpaired) electrons. The van der Waals surface area contributed by atoms with E-state index in [-0.39, 0.29) is 5.78 Å². The molecule has 0 saturated carbocycles. The van der Waals surface area contributed by atoms with Gasteiger partial charge in [0.2, 0.25) is 0 Å². The quantitative estimate of drug-likeness (QED) is 0.438. The lowest BCUT2D eigenvalue weighted by Gasteiger charge is -2.14. The molecule has 4 nitrogen and oxygen atoms in total. The van der Waals surface area contributed by atoms with Crippen molar-refractivity contribution in [2.24, 2.45) is 5.14 Å². The van der Waals surface area contributed by atoms with Crippen LogP contribution in [0.3, 0.4) is 0 Å². The maximum atomic E-state index is 12.8. The van der Waals surface area contributed by atoms with E-state index in [1.807, 2.05) is 61.6 Å². The van der Waals surface area contributed by atoms with Crippen LogP contribution >= 0.6 is 11.9 Å². The molecule has 0 atom stereocenters. The Bertz CT molecular complexity index is 697.